The number of aromatic nitrogens is 1. The highest BCUT2D eigenvalue weighted by Crippen LogP contribution is 2.14. The fourth-order valence-corrected chi connectivity index (χ4v) is 2.27. The summed E-state index contributed by atoms with van der Waals surface area (Å²) >= 11 is 4.84. The monoisotopic (exact) mass is 306 g/mol. The molecule has 0 fully saturated rings. The molecule has 0 spiro atoms. The molecule has 1 aromatic heterocycles. The fourth-order valence-electron chi connectivity index (χ4n) is 1.19. The first-order valence-corrected chi connectivity index (χ1v) is 6.63. The van der Waals surface area contributed by atoms with Crippen molar-refractivity contribution < 1.29 is 4.92 Å². The summed E-state index contributed by atoms with van der Waals surface area (Å²) in [5.74, 6) is 1.73. The minimum atomic E-state index is -0.656. The Morgan fingerprint density at radius 1 is 1.62 bits per heavy atom. The molecule has 0 aliphatic carbocycles. The van der Waals surface area contributed by atoms with E-state index in [1.54, 1.807) is 18.0 Å². The van der Waals surface area contributed by atoms with Crippen molar-refractivity contribution in [1.82, 2.24) is 4.57 Å². The summed E-state index contributed by atoms with van der Waals surface area (Å²) in [6, 6.07) is 1.23. The predicted molar refractivity (Wildman–Crippen MR) is 68.1 cm³/mol. The Balaban J connectivity index is 3.00. The van der Waals surface area contributed by atoms with Gasteiger partial charge in [0.1, 0.15) is 0 Å². The molecule has 1 heterocycles. The normalized spacial score (nSPS) is 10.4. The van der Waals surface area contributed by atoms with Crippen molar-refractivity contribution in [3.8, 4) is 0 Å². The number of nitrogens with zero attached hydrogens (tertiary/aromatic N) is 2. The van der Waals surface area contributed by atoms with Crippen LogP contribution in [-0.4, -0.2) is 21.0 Å². The van der Waals surface area contributed by atoms with Gasteiger partial charge in [-0.3, -0.25) is 14.9 Å². The second kappa shape index (κ2) is 6.05. The highest BCUT2D eigenvalue weighted by Gasteiger charge is 2.15. The summed E-state index contributed by atoms with van der Waals surface area (Å²) in [6.45, 7) is 2.51. The summed E-state index contributed by atoms with van der Waals surface area (Å²) in [6.07, 6.45) is 1.57. The number of thioether (sulfide) groups is 1. The first-order chi connectivity index (χ1) is 7.56. The molecule has 0 aliphatic rings. The van der Waals surface area contributed by atoms with E-state index in [-0.39, 0.29) is 0 Å². The van der Waals surface area contributed by atoms with E-state index in [0.717, 1.165) is 11.5 Å². The predicted octanol–water partition coefficient (Wildman–Crippen LogP) is 2.27. The average molecular weight is 307 g/mol. The second-order valence-corrected chi connectivity index (χ2v) is 5.31. The van der Waals surface area contributed by atoms with E-state index in [0.29, 0.717) is 11.0 Å². The summed E-state index contributed by atoms with van der Waals surface area (Å²) in [7, 11) is 0. The third kappa shape index (κ3) is 3.34. The van der Waals surface area contributed by atoms with Crippen molar-refractivity contribution in [3.05, 3.63) is 37.2 Å². The molecule has 7 heteroatoms. The van der Waals surface area contributed by atoms with Crippen LogP contribution in [0.3, 0.4) is 0 Å². The van der Waals surface area contributed by atoms with Crippen molar-refractivity contribution in [3.63, 3.8) is 0 Å². The second-order valence-electron chi connectivity index (χ2n) is 3.00. The van der Waals surface area contributed by atoms with E-state index in [1.807, 2.05) is 6.92 Å². The number of hydrogen-bond acceptors (Lipinski definition) is 4. The van der Waals surface area contributed by atoms with Gasteiger partial charge in [0, 0.05) is 29.0 Å². The molecule has 0 N–H and O–H groups in total. The molecular formula is C9H11BrN2O3S. The fraction of sp³-hybridized carbons (Fsp3) is 0.444. The molecule has 0 saturated carbocycles. The van der Waals surface area contributed by atoms with Gasteiger partial charge in [-0.2, -0.15) is 11.8 Å². The van der Waals surface area contributed by atoms with Gasteiger partial charge >= 0.3 is 11.2 Å². The summed E-state index contributed by atoms with van der Waals surface area (Å²) < 4.78 is 1.91. The van der Waals surface area contributed by atoms with Crippen molar-refractivity contribution in [2.45, 2.75) is 13.5 Å². The van der Waals surface area contributed by atoms with Crippen molar-refractivity contribution in [2.24, 2.45) is 0 Å². The Morgan fingerprint density at radius 3 is 2.88 bits per heavy atom. The van der Waals surface area contributed by atoms with E-state index in [4.69, 9.17) is 0 Å². The molecule has 0 aliphatic heterocycles. The van der Waals surface area contributed by atoms with Gasteiger partial charge in [0.15, 0.2) is 0 Å². The maximum Gasteiger partial charge on any atom is 0.335 e. The number of nitro groups is 1. The SMILES string of the molecule is CCSCCn1cc(Br)cc([N+](=O)[O-])c1=O. The van der Waals surface area contributed by atoms with Crippen molar-refractivity contribution >= 4 is 33.4 Å². The quantitative estimate of drug-likeness (QED) is 0.475. The molecule has 0 unspecified atom stereocenters. The van der Waals surface area contributed by atoms with Crippen LogP contribution in [0.15, 0.2) is 21.5 Å². The van der Waals surface area contributed by atoms with Crippen LogP contribution in [0, 0.1) is 10.1 Å². The number of aryl methyl sites for hydroxylation is 1. The van der Waals surface area contributed by atoms with E-state index in [9.17, 15) is 14.9 Å². The van der Waals surface area contributed by atoms with Gasteiger partial charge in [-0.05, 0) is 21.7 Å². The molecule has 1 rings (SSSR count). The van der Waals surface area contributed by atoms with E-state index in [2.05, 4.69) is 15.9 Å². The minimum absolute atomic E-state index is 0.393. The maximum atomic E-state index is 11.6. The Bertz CT molecular complexity index is 447. The van der Waals surface area contributed by atoms with Crippen LogP contribution in [0.2, 0.25) is 0 Å². The molecule has 5 nitrogen and oxygen atoms in total. The van der Waals surface area contributed by atoms with Gasteiger partial charge in [0.2, 0.25) is 0 Å². The van der Waals surface area contributed by atoms with Crippen LogP contribution in [0.25, 0.3) is 0 Å². The van der Waals surface area contributed by atoms with Gasteiger partial charge in [0.05, 0.1) is 4.92 Å². The molecule has 0 saturated heterocycles. The Kier molecular flexibility index (Phi) is 5.01. The summed E-state index contributed by atoms with van der Waals surface area (Å²) in [5, 5.41) is 10.6. The lowest BCUT2D eigenvalue weighted by atomic mass is 10.4. The number of pyridine rings is 1. The van der Waals surface area contributed by atoms with E-state index >= 15 is 0 Å². The molecule has 0 bridgehead atoms. The Hall–Kier alpha value is -0.820. The molecule has 0 radical (unpaired) electrons. The first-order valence-electron chi connectivity index (χ1n) is 4.68. The Labute approximate surface area is 105 Å². The number of halogens is 1. The van der Waals surface area contributed by atoms with Crippen molar-refractivity contribution in [2.75, 3.05) is 11.5 Å². The van der Waals surface area contributed by atoms with Gasteiger partial charge < -0.3 is 4.57 Å². The van der Waals surface area contributed by atoms with E-state index in [1.165, 1.54) is 10.6 Å². The third-order valence-corrected chi connectivity index (χ3v) is 3.22. The highest BCUT2D eigenvalue weighted by atomic mass is 79.9. The van der Waals surface area contributed by atoms with Gasteiger partial charge in [-0.15, -0.1) is 0 Å². The molecule has 0 atom stereocenters. The number of hydrogen-bond donors (Lipinski definition) is 0. The van der Waals surface area contributed by atoms with E-state index < -0.39 is 16.2 Å². The maximum absolute atomic E-state index is 11.6. The van der Waals surface area contributed by atoms with Crippen LogP contribution in [0.1, 0.15) is 6.92 Å². The minimum Gasteiger partial charge on any atom is -0.308 e. The largest absolute Gasteiger partial charge is 0.335 e. The van der Waals surface area contributed by atoms with Crippen LogP contribution >= 0.6 is 27.7 Å². The van der Waals surface area contributed by atoms with Crippen LogP contribution < -0.4 is 5.56 Å². The average Bonchev–Trinajstić information content (AvgIpc) is 2.22. The van der Waals surface area contributed by atoms with Crippen LogP contribution in [-0.2, 0) is 6.54 Å². The lowest BCUT2D eigenvalue weighted by Gasteiger charge is -2.05. The van der Waals surface area contributed by atoms with Gasteiger partial charge in [0.25, 0.3) is 0 Å². The van der Waals surface area contributed by atoms with Crippen LogP contribution in [0.4, 0.5) is 5.69 Å². The Morgan fingerprint density at radius 2 is 2.31 bits per heavy atom. The lowest BCUT2D eigenvalue weighted by Crippen LogP contribution is -2.23. The summed E-state index contributed by atoms with van der Waals surface area (Å²) in [5.41, 5.74) is -0.944. The molecule has 0 amide bonds. The number of rotatable bonds is 5. The smallest absolute Gasteiger partial charge is 0.308 e. The van der Waals surface area contributed by atoms with Gasteiger partial charge in [-0.1, -0.05) is 6.92 Å². The highest BCUT2D eigenvalue weighted by molar-refractivity contribution is 9.10. The zero-order chi connectivity index (χ0) is 12.1. The third-order valence-electron chi connectivity index (χ3n) is 1.91. The molecule has 1 aromatic rings. The van der Waals surface area contributed by atoms with Gasteiger partial charge in [-0.25, -0.2) is 0 Å². The van der Waals surface area contributed by atoms with Crippen LogP contribution in [0.5, 0.6) is 0 Å². The molecule has 88 valence electrons. The zero-order valence-electron chi connectivity index (χ0n) is 8.68. The first kappa shape index (κ1) is 13.2. The standard InChI is InChI=1S/C9H11BrN2O3S/c1-2-16-4-3-11-6-7(10)5-8(9(11)13)12(14)15/h5-6H,2-4H2,1H3. The molecule has 16 heavy (non-hydrogen) atoms. The zero-order valence-corrected chi connectivity index (χ0v) is 11.1. The summed E-state index contributed by atoms with van der Waals surface area (Å²) in [4.78, 5) is 21.6. The van der Waals surface area contributed by atoms with Crippen molar-refractivity contribution in [1.29, 1.82) is 0 Å². The lowest BCUT2D eigenvalue weighted by molar-refractivity contribution is -0.386. The molecular weight excluding hydrogens is 296 g/mol. The topological polar surface area (TPSA) is 65.1 Å². The molecule has 0 aromatic carbocycles.